The Morgan fingerprint density at radius 2 is 1.75 bits per heavy atom. The number of pyridine rings is 2. The molecule has 102 valence electrons. The number of hydrogen-bond donors (Lipinski definition) is 1. The van der Waals surface area contributed by atoms with E-state index in [-0.39, 0.29) is 5.56 Å². The van der Waals surface area contributed by atoms with Gasteiger partial charge in [-0.2, -0.15) is 5.10 Å². The maximum absolute atomic E-state index is 12.5. The molecule has 0 aromatic carbocycles. The van der Waals surface area contributed by atoms with E-state index >= 15 is 0 Å². The highest BCUT2D eigenvalue weighted by Crippen LogP contribution is 2.19. The van der Waals surface area contributed by atoms with Gasteiger partial charge in [0, 0.05) is 26.7 Å². The number of H-pyrrole nitrogens is 1. The van der Waals surface area contributed by atoms with Crippen molar-refractivity contribution in [1.29, 1.82) is 0 Å². The summed E-state index contributed by atoms with van der Waals surface area (Å²) in [5, 5.41) is 7.75. The highest BCUT2D eigenvalue weighted by molar-refractivity contribution is 9.11. The van der Waals surface area contributed by atoms with Crippen molar-refractivity contribution >= 4 is 49.0 Å². The molecule has 5 nitrogen and oxygen atoms in total. The Balaban J connectivity index is 0.000000147. The zero-order valence-electron chi connectivity index (χ0n) is 9.85. The van der Waals surface area contributed by atoms with Gasteiger partial charge in [0.1, 0.15) is 0 Å². The average molecular weight is 402 g/mol. The molecule has 0 spiro atoms. The lowest BCUT2D eigenvalue weighted by molar-refractivity contribution is 0.111. The van der Waals surface area contributed by atoms with Crippen LogP contribution in [0.5, 0.6) is 0 Å². The van der Waals surface area contributed by atoms with Gasteiger partial charge in [-0.15, -0.1) is 0 Å². The summed E-state index contributed by atoms with van der Waals surface area (Å²) in [4.78, 5) is 17.6. The Hall–Kier alpha value is -1.67. The fourth-order valence-corrected chi connectivity index (χ4v) is 2.20. The molecule has 20 heavy (non-hydrogen) atoms. The first-order chi connectivity index (χ1) is 9.63. The van der Waals surface area contributed by atoms with Crippen molar-refractivity contribution in [3.8, 4) is 0 Å². The predicted molar refractivity (Wildman–Crippen MR) is 78.9 cm³/mol. The summed E-state index contributed by atoms with van der Waals surface area (Å²) in [5.74, 6) is -0.607. The second-order valence-corrected chi connectivity index (χ2v) is 5.30. The van der Waals surface area contributed by atoms with Gasteiger partial charge in [0.25, 0.3) is 0 Å². The maximum Gasteiger partial charge on any atom is 0.154 e. The minimum absolute atomic E-state index is 0.00926. The van der Waals surface area contributed by atoms with Crippen LogP contribution in [-0.2, 0) is 0 Å². The van der Waals surface area contributed by atoms with Gasteiger partial charge < -0.3 is 0 Å². The largest absolute Gasteiger partial charge is 0.298 e. The van der Waals surface area contributed by atoms with Gasteiger partial charge in [0.2, 0.25) is 0 Å². The highest BCUT2D eigenvalue weighted by Gasteiger charge is 2.03. The molecule has 0 saturated heterocycles. The first-order valence-corrected chi connectivity index (χ1v) is 6.89. The maximum atomic E-state index is 12.5. The zero-order chi connectivity index (χ0) is 14.5. The molecule has 0 fully saturated rings. The first-order valence-electron chi connectivity index (χ1n) is 5.30. The van der Waals surface area contributed by atoms with Crippen LogP contribution in [0, 0.1) is 5.82 Å². The van der Waals surface area contributed by atoms with E-state index in [2.05, 4.69) is 52.0 Å². The lowest BCUT2D eigenvalue weighted by atomic mass is 10.3. The lowest BCUT2D eigenvalue weighted by Crippen LogP contribution is -1.89. The van der Waals surface area contributed by atoms with Crippen LogP contribution < -0.4 is 0 Å². The number of carbonyl (C=O) groups is 1. The Morgan fingerprint density at radius 3 is 2.35 bits per heavy atom. The van der Waals surface area contributed by atoms with Crippen LogP contribution in [0.3, 0.4) is 0 Å². The van der Waals surface area contributed by atoms with Crippen LogP contribution in [-0.4, -0.2) is 26.5 Å². The van der Waals surface area contributed by atoms with Crippen molar-refractivity contribution in [3.63, 3.8) is 0 Å². The van der Waals surface area contributed by atoms with Crippen molar-refractivity contribution < 1.29 is 9.18 Å². The van der Waals surface area contributed by atoms with Crippen molar-refractivity contribution in [2.24, 2.45) is 0 Å². The van der Waals surface area contributed by atoms with Gasteiger partial charge in [-0.1, -0.05) is 0 Å². The van der Waals surface area contributed by atoms with Crippen LogP contribution in [0.2, 0.25) is 0 Å². The van der Waals surface area contributed by atoms with E-state index in [9.17, 15) is 9.18 Å². The molecule has 3 heterocycles. The molecule has 0 atom stereocenters. The van der Waals surface area contributed by atoms with Gasteiger partial charge in [0.05, 0.1) is 29.7 Å². The number of nitrogens with one attached hydrogen (secondary N) is 1. The summed E-state index contributed by atoms with van der Waals surface area (Å²) in [5.41, 5.74) is 0.962. The summed E-state index contributed by atoms with van der Waals surface area (Å²) < 4.78 is 13.9. The van der Waals surface area contributed by atoms with Crippen molar-refractivity contribution in [2.45, 2.75) is 0 Å². The molecule has 0 amide bonds. The third kappa shape index (κ3) is 3.26. The SMILES string of the molecule is Brc1cncc2[nH]ncc12.O=Cc1c(F)cncc1Br. The molecule has 0 unspecified atom stereocenters. The van der Waals surface area contributed by atoms with Gasteiger partial charge in [-0.3, -0.25) is 19.9 Å². The molecule has 3 rings (SSSR count). The molecule has 3 aromatic rings. The molecule has 0 aliphatic carbocycles. The van der Waals surface area contributed by atoms with Crippen molar-refractivity contribution in [2.75, 3.05) is 0 Å². The number of carbonyl (C=O) groups excluding carboxylic acids is 1. The molecule has 0 aliphatic heterocycles. The fourth-order valence-electron chi connectivity index (χ4n) is 1.37. The fraction of sp³-hybridized carbons (Fsp3) is 0. The smallest absolute Gasteiger partial charge is 0.154 e. The minimum Gasteiger partial charge on any atom is -0.298 e. The Labute approximate surface area is 129 Å². The van der Waals surface area contributed by atoms with Gasteiger partial charge in [-0.05, 0) is 31.9 Å². The quantitative estimate of drug-likeness (QED) is 0.633. The lowest BCUT2D eigenvalue weighted by Gasteiger charge is -1.93. The zero-order valence-corrected chi connectivity index (χ0v) is 13.0. The van der Waals surface area contributed by atoms with Gasteiger partial charge in [-0.25, -0.2) is 4.39 Å². The molecular weight excluding hydrogens is 395 g/mol. The molecule has 0 saturated carbocycles. The number of nitrogens with zero attached hydrogens (tertiary/aromatic N) is 3. The van der Waals surface area contributed by atoms with Crippen molar-refractivity contribution in [3.05, 3.63) is 51.3 Å². The molecule has 0 radical (unpaired) electrons. The van der Waals surface area contributed by atoms with E-state index in [1.165, 1.54) is 6.20 Å². The Bertz CT molecular complexity index is 727. The molecule has 8 heteroatoms. The van der Waals surface area contributed by atoms with Crippen LogP contribution in [0.25, 0.3) is 10.9 Å². The Morgan fingerprint density at radius 1 is 1.05 bits per heavy atom. The number of hydrogen-bond acceptors (Lipinski definition) is 4. The van der Waals surface area contributed by atoms with E-state index in [1.807, 2.05) is 0 Å². The summed E-state index contributed by atoms with van der Waals surface area (Å²) in [6.45, 7) is 0. The van der Waals surface area contributed by atoms with Crippen LogP contribution in [0.15, 0.2) is 39.9 Å². The summed E-state index contributed by atoms with van der Waals surface area (Å²) in [6.07, 6.45) is 8.06. The van der Waals surface area contributed by atoms with E-state index in [4.69, 9.17) is 0 Å². The van der Waals surface area contributed by atoms with Crippen LogP contribution >= 0.6 is 31.9 Å². The van der Waals surface area contributed by atoms with Gasteiger partial charge in [0.15, 0.2) is 12.1 Å². The van der Waals surface area contributed by atoms with Crippen LogP contribution in [0.1, 0.15) is 10.4 Å². The number of aromatic nitrogens is 4. The average Bonchev–Trinajstić information content (AvgIpc) is 2.90. The second-order valence-electron chi connectivity index (χ2n) is 3.59. The topological polar surface area (TPSA) is 71.5 Å². The summed E-state index contributed by atoms with van der Waals surface area (Å²) in [6, 6.07) is 0. The Kier molecular flexibility index (Phi) is 4.91. The molecule has 0 bridgehead atoms. The van der Waals surface area contributed by atoms with E-state index in [0.717, 1.165) is 21.6 Å². The second kappa shape index (κ2) is 6.67. The number of aromatic amines is 1. The summed E-state index contributed by atoms with van der Waals surface area (Å²) >= 11 is 6.33. The first kappa shape index (κ1) is 14.7. The van der Waals surface area contributed by atoms with E-state index in [0.29, 0.717) is 10.8 Å². The molecule has 3 aromatic heterocycles. The highest BCUT2D eigenvalue weighted by atomic mass is 79.9. The van der Waals surface area contributed by atoms with Gasteiger partial charge >= 0.3 is 0 Å². The molecule has 0 aliphatic rings. The predicted octanol–water partition coefficient (Wildman–Crippen LogP) is 3.52. The number of rotatable bonds is 1. The summed E-state index contributed by atoms with van der Waals surface area (Å²) in [7, 11) is 0. The minimum atomic E-state index is -0.607. The van der Waals surface area contributed by atoms with E-state index in [1.54, 1.807) is 18.6 Å². The standard InChI is InChI=1S/C6H3BrFNO.C6H4BrN3/c7-5-1-9-2-6(8)4(5)3-10;7-5-2-8-3-6-4(5)1-9-10-6/h1-3H;1-3H,(H,9,10). The molecular formula is C12H7Br2FN4O. The molecule has 1 N–H and O–H groups in total. The third-order valence-electron chi connectivity index (χ3n) is 2.33. The van der Waals surface area contributed by atoms with Crippen LogP contribution in [0.4, 0.5) is 4.39 Å². The van der Waals surface area contributed by atoms with Crippen molar-refractivity contribution in [1.82, 2.24) is 20.2 Å². The number of aldehydes is 1. The third-order valence-corrected chi connectivity index (χ3v) is 3.59. The van der Waals surface area contributed by atoms with E-state index < -0.39 is 5.82 Å². The number of fused-ring (bicyclic) bond motifs is 1. The number of halogens is 3. The monoisotopic (exact) mass is 400 g/mol. The normalized spacial score (nSPS) is 9.95.